The molecule has 0 atom stereocenters. The van der Waals surface area contributed by atoms with Gasteiger partial charge in [0.25, 0.3) is 5.95 Å². The SMILES string of the molecule is C=CC(CC)=Nc1ncc(Br)c(NCCCNC(=O)CC)n1. The quantitative estimate of drug-likeness (QED) is 0.518. The van der Waals surface area contributed by atoms with E-state index in [9.17, 15) is 4.79 Å². The van der Waals surface area contributed by atoms with Crippen molar-refractivity contribution in [3.8, 4) is 0 Å². The van der Waals surface area contributed by atoms with Crippen LogP contribution < -0.4 is 10.6 Å². The summed E-state index contributed by atoms with van der Waals surface area (Å²) >= 11 is 3.41. The molecule has 120 valence electrons. The molecule has 0 saturated carbocycles. The van der Waals surface area contributed by atoms with Crippen molar-refractivity contribution in [2.24, 2.45) is 4.99 Å². The smallest absolute Gasteiger partial charge is 0.251 e. The van der Waals surface area contributed by atoms with Gasteiger partial charge in [0.1, 0.15) is 5.82 Å². The Bertz CT molecular complexity index is 545. The molecule has 0 aliphatic carbocycles. The van der Waals surface area contributed by atoms with Crippen LogP contribution in [0.5, 0.6) is 0 Å². The summed E-state index contributed by atoms with van der Waals surface area (Å²) in [6.07, 6.45) is 5.48. The number of amides is 1. The van der Waals surface area contributed by atoms with Crippen LogP contribution in [0.25, 0.3) is 0 Å². The third kappa shape index (κ3) is 6.34. The van der Waals surface area contributed by atoms with Gasteiger partial charge in [-0.05, 0) is 34.8 Å². The monoisotopic (exact) mass is 367 g/mol. The maximum atomic E-state index is 11.1. The average molecular weight is 368 g/mol. The maximum absolute atomic E-state index is 11.1. The predicted octanol–water partition coefficient (Wildman–Crippen LogP) is 3.24. The van der Waals surface area contributed by atoms with Crippen LogP contribution in [0, 0.1) is 0 Å². The minimum absolute atomic E-state index is 0.0661. The zero-order valence-corrected chi connectivity index (χ0v) is 14.6. The van der Waals surface area contributed by atoms with Crippen LogP contribution in [-0.2, 0) is 4.79 Å². The molecule has 0 aliphatic heterocycles. The van der Waals surface area contributed by atoms with Gasteiger partial charge in [-0.2, -0.15) is 4.98 Å². The minimum atomic E-state index is 0.0661. The highest BCUT2D eigenvalue weighted by molar-refractivity contribution is 9.10. The summed E-state index contributed by atoms with van der Waals surface area (Å²) in [7, 11) is 0. The van der Waals surface area contributed by atoms with Crippen molar-refractivity contribution in [2.75, 3.05) is 18.4 Å². The van der Waals surface area contributed by atoms with Gasteiger partial charge in [-0.3, -0.25) is 4.79 Å². The molecule has 22 heavy (non-hydrogen) atoms. The number of hydrogen-bond acceptors (Lipinski definition) is 5. The van der Waals surface area contributed by atoms with Gasteiger partial charge in [0.2, 0.25) is 5.91 Å². The molecular weight excluding hydrogens is 346 g/mol. The van der Waals surface area contributed by atoms with Crippen molar-refractivity contribution in [2.45, 2.75) is 33.1 Å². The fourth-order valence-electron chi connectivity index (χ4n) is 1.58. The standard InChI is InChI=1S/C15H22BrN5O/c1-4-11(5-2)20-15-19-10-12(16)14(21-15)18-9-7-8-17-13(22)6-3/h4,10H,1,5-9H2,2-3H3,(H,17,22)(H,18,19,21). The summed E-state index contributed by atoms with van der Waals surface area (Å²) in [5, 5.41) is 6.04. The van der Waals surface area contributed by atoms with Crippen LogP contribution in [0.15, 0.2) is 28.3 Å². The lowest BCUT2D eigenvalue weighted by Crippen LogP contribution is -2.24. The molecular formula is C15H22BrN5O. The predicted molar refractivity (Wildman–Crippen MR) is 93.7 cm³/mol. The zero-order valence-electron chi connectivity index (χ0n) is 13.0. The van der Waals surface area contributed by atoms with Crippen molar-refractivity contribution in [1.82, 2.24) is 15.3 Å². The lowest BCUT2D eigenvalue weighted by molar-refractivity contribution is -0.120. The Morgan fingerprint density at radius 3 is 2.82 bits per heavy atom. The van der Waals surface area contributed by atoms with Gasteiger partial charge < -0.3 is 10.6 Å². The lowest BCUT2D eigenvalue weighted by atomic mass is 10.3. The second-order valence-electron chi connectivity index (χ2n) is 4.51. The fraction of sp³-hybridized carbons (Fsp3) is 0.467. The second kappa shape index (κ2) is 10.0. The van der Waals surface area contributed by atoms with Crippen molar-refractivity contribution in [3.63, 3.8) is 0 Å². The van der Waals surface area contributed by atoms with Gasteiger partial charge in [-0.25, -0.2) is 9.98 Å². The first-order valence-corrected chi connectivity index (χ1v) is 8.13. The van der Waals surface area contributed by atoms with Crippen LogP contribution in [-0.4, -0.2) is 34.7 Å². The number of anilines is 1. The highest BCUT2D eigenvalue weighted by atomic mass is 79.9. The van der Waals surface area contributed by atoms with Crippen molar-refractivity contribution in [3.05, 3.63) is 23.3 Å². The minimum Gasteiger partial charge on any atom is -0.369 e. The van der Waals surface area contributed by atoms with E-state index in [0.29, 0.717) is 31.3 Å². The largest absolute Gasteiger partial charge is 0.369 e. The van der Waals surface area contributed by atoms with Crippen LogP contribution in [0.3, 0.4) is 0 Å². The van der Waals surface area contributed by atoms with E-state index in [0.717, 1.165) is 23.0 Å². The Hall–Kier alpha value is -1.76. The zero-order chi connectivity index (χ0) is 16.4. The molecule has 0 saturated heterocycles. The maximum Gasteiger partial charge on any atom is 0.251 e. The van der Waals surface area contributed by atoms with E-state index in [-0.39, 0.29) is 5.91 Å². The summed E-state index contributed by atoms with van der Waals surface area (Å²) in [5.41, 5.74) is 0.843. The number of allylic oxidation sites excluding steroid dienone is 1. The summed E-state index contributed by atoms with van der Waals surface area (Å²) < 4.78 is 0.778. The number of hydrogen-bond donors (Lipinski definition) is 2. The van der Waals surface area contributed by atoms with E-state index in [4.69, 9.17) is 0 Å². The summed E-state index contributed by atoms with van der Waals surface area (Å²) in [4.78, 5) is 24.0. The number of nitrogens with zero attached hydrogens (tertiary/aromatic N) is 3. The highest BCUT2D eigenvalue weighted by Crippen LogP contribution is 2.21. The van der Waals surface area contributed by atoms with Crippen LogP contribution in [0.4, 0.5) is 11.8 Å². The van der Waals surface area contributed by atoms with Crippen molar-refractivity contribution >= 4 is 39.3 Å². The summed E-state index contributed by atoms with van der Waals surface area (Å²) in [6.45, 7) is 8.89. The molecule has 1 rings (SSSR count). The third-order valence-corrected chi connectivity index (χ3v) is 3.44. The summed E-state index contributed by atoms with van der Waals surface area (Å²) in [5.74, 6) is 1.16. The Kier molecular flexibility index (Phi) is 8.35. The van der Waals surface area contributed by atoms with E-state index in [2.05, 4.69) is 48.1 Å². The molecule has 0 fully saturated rings. The first kappa shape index (κ1) is 18.3. The molecule has 0 radical (unpaired) electrons. The molecule has 7 heteroatoms. The number of halogens is 1. The van der Waals surface area contributed by atoms with Gasteiger partial charge >= 0.3 is 0 Å². The third-order valence-electron chi connectivity index (χ3n) is 2.86. The number of carbonyl (C=O) groups is 1. The van der Waals surface area contributed by atoms with Crippen LogP contribution in [0.1, 0.15) is 33.1 Å². The average Bonchev–Trinajstić information content (AvgIpc) is 2.54. The molecule has 0 bridgehead atoms. The fourth-order valence-corrected chi connectivity index (χ4v) is 1.91. The molecule has 1 aromatic rings. The number of aliphatic imine (C=N–C) groups is 1. The molecule has 6 nitrogen and oxygen atoms in total. The number of nitrogens with one attached hydrogen (secondary N) is 2. The lowest BCUT2D eigenvalue weighted by Gasteiger charge is -2.08. The topological polar surface area (TPSA) is 79.3 Å². The Morgan fingerprint density at radius 2 is 2.18 bits per heavy atom. The molecule has 0 aromatic carbocycles. The molecule has 1 heterocycles. The van der Waals surface area contributed by atoms with Gasteiger partial charge in [0.15, 0.2) is 0 Å². The van der Waals surface area contributed by atoms with Crippen LogP contribution in [0.2, 0.25) is 0 Å². The van der Waals surface area contributed by atoms with E-state index < -0.39 is 0 Å². The van der Waals surface area contributed by atoms with Gasteiger partial charge in [-0.1, -0.05) is 20.4 Å². The van der Waals surface area contributed by atoms with Gasteiger partial charge in [0.05, 0.1) is 4.47 Å². The Labute approximate surface area is 139 Å². The van der Waals surface area contributed by atoms with Gasteiger partial charge in [-0.15, -0.1) is 0 Å². The van der Waals surface area contributed by atoms with E-state index >= 15 is 0 Å². The van der Waals surface area contributed by atoms with Crippen LogP contribution >= 0.6 is 15.9 Å². The first-order valence-electron chi connectivity index (χ1n) is 7.33. The summed E-state index contributed by atoms with van der Waals surface area (Å²) in [6, 6.07) is 0. The highest BCUT2D eigenvalue weighted by Gasteiger charge is 2.04. The van der Waals surface area contributed by atoms with Gasteiger partial charge in [0, 0.05) is 31.4 Å². The van der Waals surface area contributed by atoms with Crippen molar-refractivity contribution < 1.29 is 4.79 Å². The number of rotatable bonds is 9. The number of aromatic nitrogens is 2. The molecule has 0 aliphatic rings. The normalized spacial score (nSPS) is 11.1. The molecule has 0 spiro atoms. The second-order valence-corrected chi connectivity index (χ2v) is 5.37. The van der Waals surface area contributed by atoms with E-state index in [1.165, 1.54) is 0 Å². The molecule has 1 amide bonds. The first-order chi connectivity index (χ1) is 10.6. The Balaban J connectivity index is 2.57. The van der Waals surface area contributed by atoms with Crippen molar-refractivity contribution in [1.29, 1.82) is 0 Å². The molecule has 1 aromatic heterocycles. The van der Waals surface area contributed by atoms with E-state index in [1.807, 2.05) is 13.8 Å². The molecule has 0 unspecified atom stereocenters. The molecule has 2 N–H and O–H groups in total. The number of carbonyl (C=O) groups excluding carboxylic acids is 1. The Morgan fingerprint density at radius 1 is 1.41 bits per heavy atom. The van der Waals surface area contributed by atoms with E-state index in [1.54, 1.807) is 12.3 Å².